The van der Waals surface area contributed by atoms with Crippen molar-refractivity contribution in [2.24, 2.45) is 17.0 Å². The zero-order valence-corrected chi connectivity index (χ0v) is 23.3. The van der Waals surface area contributed by atoms with Gasteiger partial charge >= 0.3 is 5.97 Å². The minimum absolute atomic E-state index is 0.00244. The molecule has 0 radical (unpaired) electrons. The van der Waals surface area contributed by atoms with Crippen molar-refractivity contribution in [3.8, 4) is 0 Å². The van der Waals surface area contributed by atoms with Gasteiger partial charge in [0.25, 0.3) is 5.56 Å². The van der Waals surface area contributed by atoms with E-state index < -0.39 is 11.7 Å². The highest BCUT2D eigenvalue weighted by molar-refractivity contribution is 6.41. The van der Waals surface area contributed by atoms with Crippen LogP contribution in [0.2, 0.25) is 0 Å². The quantitative estimate of drug-likeness (QED) is 0.387. The SMILES string of the molecule is CC(C)O/N=C(\C(=O)O)c1nc2ccccc2n(C2C[C@H]3CCC[C@@H](C2)N3C2C[C@H]3CCCC[C@@H](C2)C3)c1=O. The molecule has 6 rings (SSSR count). The van der Waals surface area contributed by atoms with Crippen LogP contribution in [0, 0.1) is 11.8 Å². The molecule has 2 saturated carbocycles. The zero-order valence-electron chi connectivity index (χ0n) is 23.3. The molecule has 2 aromatic rings. The van der Waals surface area contributed by atoms with Crippen molar-refractivity contribution in [2.45, 2.75) is 121 Å². The molecule has 3 heterocycles. The fourth-order valence-corrected chi connectivity index (χ4v) is 8.32. The second-order valence-electron chi connectivity index (χ2n) is 12.7. The van der Waals surface area contributed by atoms with Crippen LogP contribution in [0.15, 0.2) is 34.2 Å². The first-order chi connectivity index (χ1) is 18.9. The van der Waals surface area contributed by atoms with Crippen molar-refractivity contribution in [2.75, 3.05) is 0 Å². The van der Waals surface area contributed by atoms with E-state index >= 15 is 0 Å². The summed E-state index contributed by atoms with van der Waals surface area (Å²) in [4.78, 5) is 38.9. The Morgan fingerprint density at radius 3 is 2.23 bits per heavy atom. The molecule has 2 aliphatic heterocycles. The lowest BCUT2D eigenvalue weighted by molar-refractivity contribution is -0.129. The Morgan fingerprint density at radius 2 is 1.59 bits per heavy atom. The molecule has 4 aliphatic rings. The van der Waals surface area contributed by atoms with E-state index in [0.29, 0.717) is 23.6 Å². The minimum atomic E-state index is -1.31. The Balaban J connectivity index is 1.36. The van der Waals surface area contributed by atoms with Crippen LogP contribution in [-0.4, -0.2) is 55.5 Å². The van der Waals surface area contributed by atoms with Crippen molar-refractivity contribution in [1.29, 1.82) is 0 Å². The molecule has 0 amide bonds. The number of fused-ring (bicyclic) bond motifs is 5. The van der Waals surface area contributed by atoms with Gasteiger partial charge in [-0.1, -0.05) is 49.4 Å². The highest BCUT2D eigenvalue weighted by Crippen LogP contribution is 2.47. The molecule has 2 saturated heterocycles. The third-order valence-electron chi connectivity index (χ3n) is 9.72. The fourth-order valence-electron chi connectivity index (χ4n) is 8.32. The van der Waals surface area contributed by atoms with Crippen LogP contribution in [0.4, 0.5) is 0 Å². The number of hydrogen-bond acceptors (Lipinski definition) is 6. The number of carboxylic acids is 1. The molecule has 4 fully saturated rings. The molecule has 210 valence electrons. The lowest BCUT2D eigenvalue weighted by Gasteiger charge is -2.54. The molecular weight excluding hydrogens is 492 g/mol. The zero-order chi connectivity index (χ0) is 27.1. The highest BCUT2D eigenvalue weighted by atomic mass is 16.6. The molecule has 39 heavy (non-hydrogen) atoms. The number of carbonyl (C=O) groups is 1. The molecule has 1 aromatic carbocycles. The maximum Gasteiger partial charge on any atom is 0.360 e. The Kier molecular flexibility index (Phi) is 7.49. The summed E-state index contributed by atoms with van der Waals surface area (Å²) >= 11 is 0. The van der Waals surface area contributed by atoms with Crippen LogP contribution in [0.1, 0.15) is 103 Å². The topological polar surface area (TPSA) is 97.0 Å². The molecule has 1 N–H and O–H groups in total. The molecule has 8 nitrogen and oxygen atoms in total. The van der Waals surface area contributed by atoms with E-state index in [0.717, 1.165) is 30.2 Å². The molecule has 0 spiro atoms. The van der Waals surface area contributed by atoms with Gasteiger partial charge in [0.2, 0.25) is 5.71 Å². The average Bonchev–Trinajstić information content (AvgIpc) is 3.07. The van der Waals surface area contributed by atoms with Gasteiger partial charge in [-0.25, -0.2) is 9.78 Å². The Labute approximate surface area is 230 Å². The molecule has 2 unspecified atom stereocenters. The van der Waals surface area contributed by atoms with Gasteiger partial charge in [-0.2, -0.15) is 0 Å². The Hall–Kier alpha value is -2.74. The Morgan fingerprint density at radius 1 is 0.923 bits per heavy atom. The second kappa shape index (κ2) is 11.0. The summed E-state index contributed by atoms with van der Waals surface area (Å²) in [6.45, 7) is 3.53. The van der Waals surface area contributed by atoms with Crippen LogP contribution < -0.4 is 5.56 Å². The van der Waals surface area contributed by atoms with Crippen molar-refractivity contribution in [3.63, 3.8) is 0 Å². The smallest absolute Gasteiger partial charge is 0.360 e. The van der Waals surface area contributed by atoms with Crippen molar-refractivity contribution >= 4 is 22.7 Å². The molecule has 1 aromatic heterocycles. The van der Waals surface area contributed by atoms with Crippen molar-refractivity contribution in [1.82, 2.24) is 14.5 Å². The summed E-state index contributed by atoms with van der Waals surface area (Å²) in [6.07, 6.45) is 14.8. The summed E-state index contributed by atoms with van der Waals surface area (Å²) in [5, 5.41) is 13.8. The van der Waals surface area contributed by atoms with E-state index in [1.54, 1.807) is 13.8 Å². The van der Waals surface area contributed by atoms with Gasteiger partial charge < -0.3 is 14.5 Å². The predicted molar refractivity (Wildman–Crippen MR) is 151 cm³/mol. The number of hydrogen-bond donors (Lipinski definition) is 1. The lowest BCUT2D eigenvalue weighted by atomic mass is 9.73. The second-order valence-corrected chi connectivity index (χ2v) is 12.7. The lowest BCUT2D eigenvalue weighted by Crippen LogP contribution is -2.58. The Bertz CT molecular complexity index is 1280. The number of rotatable bonds is 6. The molecule has 4 bridgehead atoms. The van der Waals surface area contributed by atoms with E-state index in [-0.39, 0.29) is 23.4 Å². The van der Waals surface area contributed by atoms with E-state index in [1.165, 1.54) is 64.2 Å². The number of para-hydroxylation sites is 2. The van der Waals surface area contributed by atoms with Gasteiger partial charge in [0.1, 0.15) is 6.10 Å². The summed E-state index contributed by atoms with van der Waals surface area (Å²) in [6, 6.07) is 9.18. The van der Waals surface area contributed by atoms with Gasteiger partial charge in [0, 0.05) is 24.2 Å². The molecule has 6 atom stereocenters. The maximum absolute atomic E-state index is 14.0. The van der Waals surface area contributed by atoms with Gasteiger partial charge in [0.15, 0.2) is 5.69 Å². The molecular formula is C31H42N4O4. The highest BCUT2D eigenvalue weighted by Gasteiger charge is 2.45. The van der Waals surface area contributed by atoms with Crippen LogP contribution in [0.3, 0.4) is 0 Å². The van der Waals surface area contributed by atoms with E-state index in [9.17, 15) is 14.7 Å². The van der Waals surface area contributed by atoms with Crippen LogP contribution in [0.25, 0.3) is 11.0 Å². The van der Waals surface area contributed by atoms with E-state index in [2.05, 4.69) is 15.0 Å². The van der Waals surface area contributed by atoms with Crippen LogP contribution in [0.5, 0.6) is 0 Å². The van der Waals surface area contributed by atoms with E-state index in [1.807, 2.05) is 28.8 Å². The normalized spacial score (nSPS) is 31.7. The summed E-state index contributed by atoms with van der Waals surface area (Å²) in [5.74, 6) is 0.448. The number of oxime groups is 1. The predicted octanol–water partition coefficient (Wildman–Crippen LogP) is 5.53. The number of carboxylic acid groups (broad SMARTS) is 1. The number of aromatic nitrogens is 2. The number of benzene rings is 1. The first kappa shape index (κ1) is 26.5. The maximum atomic E-state index is 14.0. The summed E-state index contributed by atoms with van der Waals surface area (Å²) < 4.78 is 1.84. The number of piperidine rings is 2. The van der Waals surface area contributed by atoms with Crippen molar-refractivity contribution < 1.29 is 14.7 Å². The first-order valence-corrected chi connectivity index (χ1v) is 15.1. The van der Waals surface area contributed by atoms with Gasteiger partial charge in [0.05, 0.1) is 11.0 Å². The number of nitrogens with zero attached hydrogens (tertiary/aromatic N) is 4. The number of aliphatic carboxylic acids is 1. The van der Waals surface area contributed by atoms with E-state index in [4.69, 9.17) is 4.84 Å². The molecule has 8 heteroatoms. The third-order valence-corrected chi connectivity index (χ3v) is 9.72. The monoisotopic (exact) mass is 534 g/mol. The average molecular weight is 535 g/mol. The van der Waals surface area contributed by atoms with Crippen LogP contribution in [-0.2, 0) is 9.63 Å². The van der Waals surface area contributed by atoms with Gasteiger partial charge in [-0.3, -0.25) is 9.69 Å². The van der Waals surface area contributed by atoms with Crippen molar-refractivity contribution in [3.05, 3.63) is 40.3 Å². The minimum Gasteiger partial charge on any atom is -0.476 e. The first-order valence-electron chi connectivity index (χ1n) is 15.1. The third kappa shape index (κ3) is 5.24. The largest absolute Gasteiger partial charge is 0.476 e. The summed E-state index contributed by atoms with van der Waals surface area (Å²) in [7, 11) is 0. The van der Waals surface area contributed by atoms with Crippen LogP contribution >= 0.6 is 0 Å². The fraction of sp³-hybridized carbons (Fsp3) is 0.677. The molecule has 2 aliphatic carbocycles. The van der Waals surface area contributed by atoms with Gasteiger partial charge in [-0.05, 0) is 82.8 Å². The summed E-state index contributed by atoms with van der Waals surface area (Å²) in [5.41, 5.74) is 0.402. The van der Waals surface area contributed by atoms with Gasteiger partial charge in [-0.15, -0.1) is 0 Å². The standard InChI is InChI=1S/C31H42N4O4/c1-19(2)39-33-29(31(37)38)28-30(36)35(27-13-6-5-12-26(27)32-28)25-17-22-10-7-11-23(18-25)34(22)24-15-20-8-3-4-9-21(14-20)16-24/h5-6,12-13,19-25H,3-4,7-11,14-18H2,1-2H3,(H,37,38)/b33-29-/t20-,21+,22-,23+,24?,25?.